The van der Waals surface area contributed by atoms with Crippen LogP contribution in [0.1, 0.15) is 86.5 Å². The van der Waals surface area contributed by atoms with Gasteiger partial charge in [-0.1, -0.05) is 27.7 Å². The van der Waals surface area contributed by atoms with Crippen LogP contribution in [-0.2, 0) is 28.6 Å². The number of ketones is 1. The molecule has 0 amide bonds. The van der Waals surface area contributed by atoms with Crippen LogP contribution < -0.4 is 14.8 Å². The average molecular weight is 788 g/mol. The Morgan fingerprint density at radius 3 is 2.34 bits per heavy atom. The average Bonchev–Trinajstić information content (AvgIpc) is 3.63. The third-order valence-corrected chi connectivity index (χ3v) is 13.1. The zero-order valence-corrected chi connectivity index (χ0v) is 32.2. The number of cyclic esters (lactones) is 1. The van der Waals surface area contributed by atoms with E-state index in [0.29, 0.717) is 30.9 Å². The highest BCUT2D eigenvalue weighted by atomic mass is 127. The van der Waals surface area contributed by atoms with E-state index in [4.69, 9.17) is 23.7 Å². The van der Waals surface area contributed by atoms with E-state index in [1.165, 1.54) is 24.6 Å². The molecule has 1 aromatic carbocycles. The van der Waals surface area contributed by atoms with Crippen LogP contribution in [-0.4, -0.2) is 70.9 Å². The van der Waals surface area contributed by atoms with Crippen LogP contribution in [0, 0.1) is 29.6 Å². The number of halogens is 1. The Kier molecular flexibility index (Phi) is 13.2. The first kappa shape index (κ1) is 38.1. The Morgan fingerprint density at radius 2 is 1.68 bits per heavy atom. The van der Waals surface area contributed by atoms with E-state index in [9.17, 15) is 14.4 Å². The molecular weight excluding hydrogens is 733 g/mol. The maximum Gasteiger partial charge on any atom is 0.320 e. The molecule has 2 heterocycles. The van der Waals surface area contributed by atoms with Gasteiger partial charge in [0.15, 0.2) is 21.2 Å². The van der Waals surface area contributed by atoms with Crippen molar-refractivity contribution >= 4 is 57.8 Å². The van der Waals surface area contributed by atoms with Crippen molar-refractivity contribution in [3.63, 3.8) is 0 Å². The number of fused-ring (bicyclic) bond motifs is 1. The third kappa shape index (κ3) is 9.09. The van der Waals surface area contributed by atoms with E-state index in [2.05, 4.69) is 34.8 Å². The van der Waals surface area contributed by atoms with Gasteiger partial charge < -0.3 is 29.0 Å². The molecule has 0 aromatic heterocycles. The number of alkyl halides is 1. The maximum atomic E-state index is 14.1. The predicted molar refractivity (Wildman–Crippen MR) is 193 cm³/mol. The van der Waals surface area contributed by atoms with Gasteiger partial charge in [0.1, 0.15) is 11.0 Å². The molecule has 1 N–H and O–H groups in total. The zero-order valence-electron chi connectivity index (χ0n) is 29.3. The summed E-state index contributed by atoms with van der Waals surface area (Å²) in [4.78, 5) is 41.0. The molecule has 4 rings (SSSR count). The summed E-state index contributed by atoms with van der Waals surface area (Å²) in [6.45, 7) is 12.3. The van der Waals surface area contributed by atoms with Crippen LogP contribution >= 0.6 is 34.4 Å². The summed E-state index contributed by atoms with van der Waals surface area (Å²) in [5.41, 5.74) is -0.796. The molecular formula is C36H54INO8S. The molecule has 1 saturated carbocycles. The molecule has 47 heavy (non-hydrogen) atoms. The van der Waals surface area contributed by atoms with Gasteiger partial charge in [0.05, 0.1) is 24.7 Å². The molecule has 0 spiro atoms. The Bertz CT molecular complexity index is 1260. The number of hydrogen-bond donors (Lipinski definition) is 1. The Labute approximate surface area is 298 Å². The van der Waals surface area contributed by atoms with Gasteiger partial charge in [0.2, 0.25) is 0 Å². The maximum absolute atomic E-state index is 14.1. The number of ether oxygens (including phenoxy) is 5. The second-order valence-corrected chi connectivity index (χ2v) is 16.8. The van der Waals surface area contributed by atoms with Gasteiger partial charge in [-0.15, -0.1) is 11.8 Å². The minimum Gasteiger partial charge on any atom is -0.493 e. The van der Waals surface area contributed by atoms with Crippen LogP contribution in [0.25, 0.3) is 0 Å². The highest BCUT2D eigenvalue weighted by molar-refractivity contribution is 14.1. The van der Waals surface area contributed by atoms with Gasteiger partial charge in [-0.25, -0.2) is 0 Å². The van der Waals surface area contributed by atoms with Gasteiger partial charge >= 0.3 is 11.9 Å². The van der Waals surface area contributed by atoms with Crippen molar-refractivity contribution in [3.8, 4) is 11.5 Å². The lowest BCUT2D eigenvalue weighted by Crippen LogP contribution is -2.50. The Morgan fingerprint density at radius 1 is 0.979 bits per heavy atom. The fraction of sp³-hybridized carbons (Fsp3) is 0.750. The van der Waals surface area contributed by atoms with Gasteiger partial charge in [-0.3, -0.25) is 14.4 Å². The summed E-state index contributed by atoms with van der Waals surface area (Å²) in [5.74, 6) is -0.0708. The summed E-state index contributed by atoms with van der Waals surface area (Å²) >= 11 is 3.55. The summed E-state index contributed by atoms with van der Waals surface area (Å²) < 4.78 is 29.1. The number of nitrogens with one attached hydrogen (secondary N) is 1. The monoisotopic (exact) mass is 787 g/mol. The lowest BCUT2D eigenvalue weighted by Gasteiger charge is -2.39. The fourth-order valence-electron chi connectivity index (χ4n) is 7.84. The summed E-state index contributed by atoms with van der Waals surface area (Å²) in [6, 6.07) is 5.82. The molecule has 0 radical (unpaired) electrons. The van der Waals surface area contributed by atoms with Crippen molar-refractivity contribution in [1.82, 2.24) is 0 Å². The van der Waals surface area contributed by atoms with Gasteiger partial charge in [-0.2, -0.15) is 0 Å². The molecule has 2 aliphatic heterocycles. The molecule has 9 nitrogen and oxygen atoms in total. The summed E-state index contributed by atoms with van der Waals surface area (Å²) in [6.07, 6.45) is 6.58. The van der Waals surface area contributed by atoms with Crippen molar-refractivity contribution in [2.24, 2.45) is 29.6 Å². The molecule has 0 unspecified atom stereocenters. The van der Waals surface area contributed by atoms with Crippen LogP contribution in [0.3, 0.4) is 0 Å². The number of thioether (sulfide) groups is 1. The highest BCUT2D eigenvalue weighted by Crippen LogP contribution is 2.49. The zero-order chi connectivity index (χ0) is 34.5. The molecule has 11 heteroatoms. The van der Waals surface area contributed by atoms with E-state index in [0.717, 1.165) is 30.7 Å². The smallest absolute Gasteiger partial charge is 0.320 e. The van der Waals surface area contributed by atoms with E-state index in [-0.39, 0.29) is 41.6 Å². The lowest BCUT2D eigenvalue weighted by molar-refractivity contribution is -0.170. The second kappa shape index (κ2) is 16.3. The number of carbonyl (C=O) groups excluding carboxylic acids is 3. The first-order valence-electron chi connectivity index (χ1n) is 17.1. The summed E-state index contributed by atoms with van der Waals surface area (Å²) in [7, 11) is 3.33. The van der Waals surface area contributed by atoms with Gasteiger partial charge in [0, 0.05) is 48.9 Å². The lowest BCUT2D eigenvalue weighted by atomic mass is 9.73. The number of Topliss-reactive ketones (excluding diaryl/α,β-unsaturated/α-hetero) is 1. The summed E-state index contributed by atoms with van der Waals surface area (Å²) in [5, 5.41) is 2.86. The first-order chi connectivity index (χ1) is 22.2. The topological polar surface area (TPSA) is 109 Å². The van der Waals surface area contributed by atoms with Crippen molar-refractivity contribution in [2.75, 3.05) is 31.8 Å². The van der Waals surface area contributed by atoms with Gasteiger partial charge in [-0.05, 0) is 99.4 Å². The van der Waals surface area contributed by atoms with Crippen molar-refractivity contribution in [1.29, 1.82) is 0 Å². The van der Waals surface area contributed by atoms with Crippen LogP contribution in [0.5, 0.6) is 11.5 Å². The molecule has 9 atom stereocenters. The molecule has 1 aromatic rings. The standard InChI is InChI=1S/C36H54INO8S/c1-21-17-22(2)32(40)45-34(37)36(6)29(24(4)30(39)23(3)20-35(5,19-21)43-8)31(33(41)46-36)47-16-15-38-25-13-14-27(42-7)28(18-25)44-26-11-9-10-12-26/h13-14,18,21-24,26,29,31,34,38H,9-12,15-17,19-20H2,1-8H3/t21-,22+,23+,24+,29-,31-,34-,35-,36-/m0/s1. The van der Waals surface area contributed by atoms with Crippen LogP contribution in [0.15, 0.2) is 18.2 Å². The van der Waals surface area contributed by atoms with Crippen LogP contribution in [0.2, 0.25) is 0 Å². The number of methoxy groups -OCH3 is 2. The fourth-order valence-corrected chi connectivity index (χ4v) is 10.0. The number of anilines is 1. The number of esters is 2. The Balaban J connectivity index is 1.52. The molecule has 2 saturated heterocycles. The predicted octanol–water partition coefficient (Wildman–Crippen LogP) is 7.47. The van der Waals surface area contributed by atoms with E-state index >= 15 is 0 Å². The van der Waals surface area contributed by atoms with E-state index < -0.39 is 32.4 Å². The van der Waals surface area contributed by atoms with Crippen LogP contribution in [0.4, 0.5) is 5.69 Å². The quantitative estimate of drug-likeness (QED) is 0.117. The van der Waals surface area contributed by atoms with Crippen molar-refractivity contribution in [3.05, 3.63) is 18.2 Å². The minimum absolute atomic E-state index is 0.0626. The molecule has 3 aliphatic rings. The number of rotatable bonds is 9. The highest BCUT2D eigenvalue weighted by Gasteiger charge is 2.61. The van der Waals surface area contributed by atoms with Gasteiger partial charge in [0.25, 0.3) is 0 Å². The molecule has 3 fully saturated rings. The number of carbonyl (C=O) groups is 3. The first-order valence-corrected chi connectivity index (χ1v) is 19.4. The largest absolute Gasteiger partial charge is 0.493 e. The normalized spacial score (nSPS) is 35.9. The molecule has 0 bridgehead atoms. The SMILES string of the molecule is COc1ccc(NCCS[C@@H]2C(=O)O[C@@]3(C)[C@H]2[C@@H](C)C(=O)[C@H](C)C[C@@](C)(OC)C[C@@H](C)C[C@@H](C)C(=O)O[C@@H]3I)cc1OC1CCCC1. The second-order valence-electron chi connectivity index (χ2n) is 14.4. The Hall–Kier alpha value is -1.73. The van der Waals surface area contributed by atoms with Crippen molar-refractivity contribution in [2.45, 2.75) is 113 Å². The number of hydrogen-bond acceptors (Lipinski definition) is 10. The van der Waals surface area contributed by atoms with E-state index in [1.54, 1.807) is 14.2 Å². The van der Waals surface area contributed by atoms with E-state index in [1.807, 2.05) is 52.8 Å². The van der Waals surface area contributed by atoms with Crippen molar-refractivity contribution < 1.29 is 38.1 Å². The third-order valence-electron chi connectivity index (χ3n) is 10.3. The molecule has 1 aliphatic carbocycles. The minimum atomic E-state index is -1.17. The number of benzene rings is 1. The molecule has 264 valence electrons.